The first-order valence-corrected chi connectivity index (χ1v) is 6.61. The van der Waals surface area contributed by atoms with Crippen LogP contribution >= 0.6 is 0 Å². The average Bonchev–Trinajstić information content (AvgIpc) is 2.40. The molecule has 0 saturated carbocycles. The SMILES string of the molecule is CCC(O)(C(=O)O)N(CCN(CC(=O)O)CC(=O)O)CC(=O)O. The van der Waals surface area contributed by atoms with Gasteiger partial charge in [-0.2, -0.15) is 0 Å². The van der Waals surface area contributed by atoms with Crippen LogP contribution in [0.2, 0.25) is 0 Å². The molecule has 0 aliphatic carbocycles. The van der Waals surface area contributed by atoms with Gasteiger partial charge in [0.05, 0.1) is 19.6 Å². The molecule has 132 valence electrons. The minimum atomic E-state index is -2.45. The second kappa shape index (κ2) is 9.02. The van der Waals surface area contributed by atoms with Gasteiger partial charge >= 0.3 is 23.9 Å². The van der Waals surface area contributed by atoms with Crippen molar-refractivity contribution in [3.8, 4) is 0 Å². The standard InChI is InChI=1S/C12H20N2O9/c1-2-12(23,11(21)22)14(7-10(19)20)4-3-13(5-8(15)16)6-9(17)18/h23H,2-7H2,1H3,(H,15,16)(H,17,18)(H,19,20)(H,21,22). The molecule has 0 amide bonds. The Labute approximate surface area is 131 Å². The largest absolute Gasteiger partial charge is 0.480 e. The molecule has 0 bridgehead atoms. The van der Waals surface area contributed by atoms with Gasteiger partial charge in [-0.25, -0.2) is 4.79 Å². The van der Waals surface area contributed by atoms with Crippen molar-refractivity contribution >= 4 is 23.9 Å². The number of carboxylic acid groups (broad SMARTS) is 4. The van der Waals surface area contributed by atoms with E-state index in [4.69, 9.17) is 20.4 Å². The van der Waals surface area contributed by atoms with E-state index in [-0.39, 0.29) is 19.5 Å². The molecule has 0 aliphatic heterocycles. The van der Waals surface area contributed by atoms with Crippen LogP contribution in [0.15, 0.2) is 0 Å². The van der Waals surface area contributed by atoms with Crippen molar-refractivity contribution < 1.29 is 44.7 Å². The van der Waals surface area contributed by atoms with Gasteiger partial charge in [-0.15, -0.1) is 0 Å². The van der Waals surface area contributed by atoms with Crippen molar-refractivity contribution in [2.45, 2.75) is 19.1 Å². The highest BCUT2D eigenvalue weighted by Gasteiger charge is 2.41. The number of hydrogen-bond acceptors (Lipinski definition) is 7. The highest BCUT2D eigenvalue weighted by molar-refractivity contribution is 5.78. The molecule has 0 rings (SSSR count). The second-order valence-electron chi connectivity index (χ2n) is 4.79. The number of aliphatic hydroxyl groups is 1. The molecule has 0 saturated heterocycles. The zero-order valence-electron chi connectivity index (χ0n) is 12.5. The lowest BCUT2D eigenvalue weighted by atomic mass is 10.1. The van der Waals surface area contributed by atoms with Gasteiger partial charge in [0, 0.05) is 13.1 Å². The highest BCUT2D eigenvalue weighted by Crippen LogP contribution is 2.17. The van der Waals surface area contributed by atoms with Crippen LogP contribution in [-0.2, 0) is 19.2 Å². The fourth-order valence-corrected chi connectivity index (χ4v) is 1.93. The first kappa shape index (κ1) is 20.8. The van der Waals surface area contributed by atoms with Gasteiger partial charge < -0.3 is 25.5 Å². The first-order valence-electron chi connectivity index (χ1n) is 6.61. The lowest BCUT2D eigenvalue weighted by molar-refractivity contribution is -0.187. The van der Waals surface area contributed by atoms with E-state index < -0.39 is 49.2 Å². The number of carboxylic acids is 4. The summed E-state index contributed by atoms with van der Waals surface area (Å²) in [5, 5.41) is 45.4. The zero-order chi connectivity index (χ0) is 18.2. The molecule has 0 aliphatic rings. The number of nitrogens with zero attached hydrogens (tertiary/aromatic N) is 2. The molecule has 0 aromatic carbocycles. The van der Waals surface area contributed by atoms with Crippen LogP contribution in [0.5, 0.6) is 0 Å². The maximum atomic E-state index is 11.2. The summed E-state index contributed by atoms with van der Waals surface area (Å²) in [4.78, 5) is 45.1. The predicted octanol–water partition coefficient (Wildman–Crippen LogP) is -1.97. The maximum absolute atomic E-state index is 11.2. The van der Waals surface area contributed by atoms with Gasteiger partial charge in [-0.1, -0.05) is 6.92 Å². The Bertz CT molecular complexity index is 451. The summed E-state index contributed by atoms with van der Waals surface area (Å²) in [6.07, 6.45) is -0.312. The third-order valence-corrected chi connectivity index (χ3v) is 3.09. The molecule has 0 spiro atoms. The molecule has 0 aromatic heterocycles. The van der Waals surface area contributed by atoms with E-state index >= 15 is 0 Å². The van der Waals surface area contributed by atoms with Crippen molar-refractivity contribution in [3.05, 3.63) is 0 Å². The van der Waals surface area contributed by atoms with Crippen LogP contribution < -0.4 is 0 Å². The van der Waals surface area contributed by atoms with E-state index in [0.717, 1.165) is 9.80 Å². The molecular formula is C12H20N2O9. The van der Waals surface area contributed by atoms with Crippen molar-refractivity contribution in [3.63, 3.8) is 0 Å². The summed E-state index contributed by atoms with van der Waals surface area (Å²) in [5.74, 6) is -5.62. The lowest BCUT2D eigenvalue weighted by Gasteiger charge is -2.35. The Hall–Kier alpha value is -2.24. The van der Waals surface area contributed by atoms with Crippen LogP contribution in [0.4, 0.5) is 0 Å². The molecule has 0 radical (unpaired) electrons. The van der Waals surface area contributed by atoms with Gasteiger partial charge in [0.15, 0.2) is 0 Å². The summed E-state index contributed by atoms with van der Waals surface area (Å²) in [5.41, 5.74) is -2.45. The molecule has 0 aromatic rings. The van der Waals surface area contributed by atoms with Crippen LogP contribution in [0.25, 0.3) is 0 Å². The number of rotatable bonds is 12. The third-order valence-electron chi connectivity index (χ3n) is 3.09. The summed E-state index contributed by atoms with van der Waals surface area (Å²) >= 11 is 0. The number of hydrogen-bond donors (Lipinski definition) is 5. The van der Waals surface area contributed by atoms with E-state index in [1.54, 1.807) is 0 Å². The number of aliphatic carboxylic acids is 4. The molecular weight excluding hydrogens is 316 g/mol. The van der Waals surface area contributed by atoms with Gasteiger partial charge in [-0.3, -0.25) is 24.2 Å². The second-order valence-corrected chi connectivity index (χ2v) is 4.79. The molecule has 11 nitrogen and oxygen atoms in total. The van der Waals surface area contributed by atoms with Crippen molar-refractivity contribution in [1.82, 2.24) is 9.80 Å². The van der Waals surface area contributed by atoms with E-state index in [2.05, 4.69) is 0 Å². The van der Waals surface area contributed by atoms with Gasteiger partial charge in [0.2, 0.25) is 5.72 Å². The van der Waals surface area contributed by atoms with Crippen molar-refractivity contribution in [2.24, 2.45) is 0 Å². The molecule has 23 heavy (non-hydrogen) atoms. The Balaban J connectivity index is 5.13. The summed E-state index contributed by atoms with van der Waals surface area (Å²) in [6.45, 7) is -1.29. The van der Waals surface area contributed by atoms with Crippen LogP contribution in [0.1, 0.15) is 13.3 Å². The Morgan fingerprint density at radius 1 is 0.826 bits per heavy atom. The highest BCUT2D eigenvalue weighted by atomic mass is 16.4. The fraction of sp³-hybridized carbons (Fsp3) is 0.667. The zero-order valence-corrected chi connectivity index (χ0v) is 12.5. The summed E-state index contributed by atoms with van der Waals surface area (Å²) in [6, 6.07) is 0. The minimum Gasteiger partial charge on any atom is -0.480 e. The van der Waals surface area contributed by atoms with Gasteiger partial charge in [0.1, 0.15) is 0 Å². The Morgan fingerprint density at radius 2 is 1.26 bits per heavy atom. The maximum Gasteiger partial charge on any atom is 0.351 e. The smallest absolute Gasteiger partial charge is 0.351 e. The monoisotopic (exact) mass is 336 g/mol. The van der Waals surface area contributed by atoms with E-state index in [1.165, 1.54) is 6.92 Å². The molecule has 5 N–H and O–H groups in total. The normalized spacial score (nSPS) is 13.7. The predicted molar refractivity (Wildman–Crippen MR) is 73.8 cm³/mol. The molecule has 1 atom stereocenters. The molecule has 1 unspecified atom stereocenters. The topological polar surface area (TPSA) is 176 Å². The summed E-state index contributed by atoms with van der Waals surface area (Å²) < 4.78 is 0. The van der Waals surface area contributed by atoms with Crippen LogP contribution in [0, 0.1) is 0 Å². The van der Waals surface area contributed by atoms with Crippen molar-refractivity contribution in [1.29, 1.82) is 0 Å². The summed E-state index contributed by atoms with van der Waals surface area (Å²) in [7, 11) is 0. The Morgan fingerprint density at radius 3 is 1.57 bits per heavy atom. The number of carbonyl (C=O) groups is 4. The Kier molecular flexibility index (Phi) is 8.15. The van der Waals surface area contributed by atoms with Gasteiger partial charge in [0.25, 0.3) is 0 Å². The van der Waals surface area contributed by atoms with Crippen LogP contribution in [0.3, 0.4) is 0 Å². The molecule has 11 heteroatoms. The van der Waals surface area contributed by atoms with E-state index in [9.17, 15) is 24.3 Å². The lowest BCUT2D eigenvalue weighted by Crippen LogP contribution is -2.58. The van der Waals surface area contributed by atoms with E-state index in [1.807, 2.05) is 0 Å². The quantitative estimate of drug-likeness (QED) is 0.250. The van der Waals surface area contributed by atoms with E-state index in [0.29, 0.717) is 0 Å². The average molecular weight is 336 g/mol. The first-order chi connectivity index (χ1) is 10.5. The fourth-order valence-electron chi connectivity index (χ4n) is 1.93. The van der Waals surface area contributed by atoms with Crippen molar-refractivity contribution in [2.75, 3.05) is 32.7 Å². The molecule has 0 heterocycles. The molecule has 0 fully saturated rings. The van der Waals surface area contributed by atoms with Crippen LogP contribution in [-0.4, -0.2) is 97.7 Å². The third kappa shape index (κ3) is 7.04. The van der Waals surface area contributed by atoms with Gasteiger partial charge in [-0.05, 0) is 6.42 Å². The minimum absolute atomic E-state index is 0.249.